The van der Waals surface area contributed by atoms with Crippen LogP contribution >= 0.6 is 43.2 Å². The predicted molar refractivity (Wildman–Crippen MR) is 72.5 cm³/mol. The molecule has 0 spiro atoms. The monoisotopic (exact) mass is 352 g/mol. The third-order valence-corrected chi connectivity index (χ3v) is 5.77. The van der Waals surface area contributed by atoms with Gasteiger partial charge < -0.3 is 5.32 Å². The number of hydrogen-bond donors (Lipinski definition) is 1. The lowest BCUT2D eigenvalue weighted by molar-refractivity contribution is 0.201. The van der Waals surface area contributed by atoms with Gasteiger partial charge in [-0.25, -0.2) is 0 Å². The molecule has 2 heterocycles. The van der Waals surface area contributed by atoms with E-state index >= 15 is 0 Å². The third-order valence-electron chi connectivity index (χ3n) is 2.53. The molecule has 1 aromatic rings. The van der Waals surface area contributed by atoms with Gasteiger partial charge in [0.15, 0.2) is 0 Å². The Hall–Kier alpha value is 0.580. The molecule has 1 unspecified atom stereocenters. The molecule has 1 aliphatic rings. The summed E-state index contributed by atoms with van der Waals surface area (Å²) in [6.45, 7) is 6.72. The van der Waals surface area contributed by atoms with E-state index in [0.29, 0.717) is 6.04 Å². The molecular formula is C10H14Br2N2S. The van der Waals surface area contributed by atoms with Gasteiger partial charge in [-0.15, -0.1) is 11.3 Å². The van der Waals surface area contributed by atoms with Crippen molar-refractivity contribution in [2.24, 2.45) is 0 Å². The van der Waals surface area contributed by atoms with Crippen molar-refractivity contribution < 1.29 is 0 Å². The topological polar surface area (TPSA) is 15.3 Å². The van der Waals surface area contributed by atoms with Crippen LogP contribution in [-0.2, 0) is 6.54 Å². The van der Waals surface area contributed by atoms with Gasteiger partial charge >= 0.3 is 0 Å². The Kier molecular flexibility index (Phi) is 4.24. The molecule has 1 saturated heterocycles. The van der Waals surface area contributed by atoms with Crippen molar-refractivity contribution in [1.82, 2.24) is 10.2 Å². The van der Waals surface area contributed by atoms with Crippen molar-refractivity contribution in [2.75, 3.05) is 19.6 Å². The Balaban J connectivity index is 1.96. The van der Waals surface area contributed by atoms with E-state index in [4.69, 9.17) is 0 Å². The molecule has 5 heteroatoms. The van der Waals surface area contributed by atoms with Gasteiger partial charge in [0.25, 0.3) is 0 Å². The normalized spacial score (nSPS) is 23.3. The van der Waals surface area contributed by atoms with Gasteiger partial charge in [-0.05, 0) is 44.8 Å². The third kappa shape index (κ3) is 3.27. The highest BCUT2D eigenvalue weighted by atomic mass is 79.9. The van der Waals surface area contributed by atoms with E-state index in [1.54, 1.807) is 0 Å². The van der Waals surface area contributed by atoms with E-state index in [2.05, 4.69) is 55.1 Å². The van der Waals surface area contributed by atoms with Gasteiger partial charge in [0, 0.05) is 41.6 Å². The maximum Gasteiger partial charge on any atom is 0.0843 e. The minimum atomic E-state index is 0.616. The summed E-state index contributed by atoms with van der Waals surface area (Å²) in [4.78, 5) is 3.93. The number of thiophene rings is 1. The molecule has 1 atom stereocenters. The van der Waals surface area contributed by atoms with E-state index in [0.717, 1.165) is 26.2 Å². The van der Waals surface area contributed by atoms with E-state index in [1.165, 1.54) is 13.1 Å². The van der Waals surface area contributed by atoms with Crippen LogP contribution < -0.4 is 5.32 Å². The Morgan fingerprint density at radius 1 is 1.60 bits per heavy atom. The van der Waals surface area contributed by atoms with Crippen LogP contribution in [0.5, 0.6) is 0 Å². The molecule has 0 aliphatic carbocycles. The Bertz CT molecular complexity index is 321. The van der Waals surface area contributed by atoms with Gasteiger partial charge in [0.1, 0.15) is 0 Å². The summed E-state index contributed by atoms with van der Waals surface area (Å²) in [5.41, 5.74) is 0. The molecule has 0 aromatic carbocycles. The zero-order valence-corrected chi connectivity index (χ0v) is 12.6. The van der Waals surface area contributed by atoms with E-state index in [-0.39, 0.29) is 0 Å². The lowest BCUT2D eigenvalue weighted by Gasteiger charge is -2.31. The van der Waals surface area contributed by atoms with Crippen LogP contribution in [0.2, 0.25) is 0 Å². The summed E-state index contributed by atoms with van der Waals surface area (Å²) < 4.78 is 2.37. The predicted octanol–water partition coefficient (Wildman–Crippen LogP) is 3.07. The number of rotatable bonds is 2. The molecule has 0 saturated carbocycles. The lowest BCUT2D eigenvalue weighted by Crippen LogP contribution is -2.48. The van der Waals surface area contributed by atoms with E-state index in [1.807, 2.05) is 11.3 Å². The van der Waals surface area contributed by atoms with Crippen molar-refractivity contribution in [3.63, 3.8) is 0 Å². The number of piperazine rings is 1. The first kappa shape index (κ1) is 12.0. The van der Waals surface area contributed by atoms with Crippen LogP contribution in [0.3, 0.4) is 0 Å². The summed E-state index contributed by atoms with van der Waals surface area (Å²) in [7, 11) is 0. The van der Waals surface area contributed by atoms with E-state index < -0.39 is 0 Å². The Morgan fingerprint density at radius 2 is 2.40 bits per heavy atom. The van der Waals surface area contributed by atoms with E-state index in [9.17, 15) is 0 Å². The minimum Gasteiger partial charge on any atom is -0.312 e. The van der Waals surface area contributed by atoms with Crippen molar-refractivity contribution in [3.8, 4) is 0 Å². The van der Waals surface area contributed by atoms with Crippen LogP contribution in [0.1, 0.15) is 11.8 Å². The summed E-state index contributed by atoms with van der Waals surface area (Å²) in [6, 6.07) is 2.83. The average Bonchev–Trinajstić information content (AvgIpc) is 2.45. The molecule has 84 valence electrons. The maximum absolute atomic E-state index is 3.53. The summed E-state index contributed by atoms with van der Waals surface area (Å²) in [5, 5.41) is 3.46. The molecule has 2 nitrogen and oxygen atoms in total. The molecule has 0 radical (unpaired) electrons. The number of hydrogen-bond acceptors (Lipinski definition) is 3. The highest BCUT2D eigenvalue weighted by molar-refractivity contribution is 9.13. The average molecular weight is 354 g/mol. The second kappa shape index (κ2) is 5.27. The summed E-state index contributed by atoms with van der Waals surface area (Å²) in [6.07, 6.45) is 0. The fraction of sp³-hybridized carbons (Fsp3) is 0.600. The van der Waals surface area contributed by atoms with Crippen molar-refractivity contribution >= 4 is 43.2 Å². The highest BCUT2D eigenvalue weighted by Gasteiger charge is 2.16. The Morgan fingerprint density at radius 3 is 3.00 bits per heavy atom. The highest BCUT2D eigenvalue weighted by Crippen LogP contribution is 2.33. The van der Waals surface area contributed by atoms with Crippen molar-refractivity contribution in [3.05, 3.63) is 19.2 Å². The smallest absolute Gasteiger partial charge is 0.0843 e. The first-order valence-corrected chi connectivity index (χ1v) is 7.45. The van der Waals surface area contributed by atoms with Crippen LogP contribution in [-0.4, -0.2) is 30.6 Å². The zero-order valence-electron chi connectivity index (χ0n) is 8.59. The summed E-state index contributed by atoms with van der Waals surface area (Å²) in [5.74, 6) is 0. The molecular weight excluding hydrogens is 340 g/mol. The maximum atomic E-state index is 3.53. The van der Waals surface area contributed by atoms with Gasteiger partial charge in [-0.2, -0.15) is 0 Å². The zero-order chi connectivity index (χ0) is 10.8. The van der Waals surface area contributed by atoms with Gasteiger partial charge in [-0.3, -0.25) is 4.90 Å². The molecule has 2 rings (SSSR count). The molecule has 1 N–H and O–H groups in total. The number of nitrogens with zero attached hydrogens (tertiary/aromatic N) is 1. The Labute approximate surface area is 111 Å². The van der Waals surface area contributed by atoms with Crippen LogP contribution in [0.25, 0.3) is 0 Å². The van der Waals surface area contributed by atoms with Crippen molar-refractivity contribution in [2.45, 2.75) is 19.5 Å². The minimum absolute atomic E-state index is 0.616. The fourth-order valence-electron chi connectivity index (χ4n) is 1.85. The van der Waals surface area contributed by atoms with Gasteiger partial charge in [-0.1, -0.05) is 0 Å². The van der Waals surface area contributed by atoms with Gasteiger partial charge in [0.05, 0.1) is 3.79 Å². The number of halogens is 2. The standard InChI is InChI=1S/C10H14Br2N2S/c1-7-5-14(3-2-13-7)6-8-4-9(11)10(12)15-8/h4,7,13H,2-3,5-6H2,1H3. The van der Waals surface area contributed by atoms with Crippen LogP contribution in [0, 0.1) is 0 Å². The second-order valence-corrected chi connectivity index (χ2v) is 7.23. The first-order valence-electron chi connectivity index (χ1n) is 5.04. The molecule has 1 aromatic heterocycles. The summed E-state index contributed by atoms with van der Waals surface area (Å²) >= 11 is 8.88. The molecule has 1 aliphatic heterocycles. The molecule has 1 fully saturated rings. The van der Waals surface area contributed by atoms with Crippen LogP contribution in [0.15, 0.2) is 14.3 Å². The lowest BCUT2D eigenvalue weighted by atomic mass is 10.2. The molecule has 0 bridgehead atoms. The second-order valence-electron chi connectivity index (χ2n) is 3.92. The molecule has 15 heavy (non-hydrogen) atoms. The SMILES string of the molecule is CC1CN(Cc2cc(Br)c(Br)s2)CCN1. The quantitative estimate of drug-likeness (QED) is 0.878. The van der Waals surface area contributed by atoms with Gasteiger partial charge in [0.2, 0.25) is 0 Å². The largest absolute Gasteiger partial charge is 0.312 e. The fourth-order valence-corrected chi connectivity index (χ4v) is 4.06. The molecule has 0 amide bonds. The first-order chi connectivity index (χ1) is 7.15. The number of nitrogens with one attached hydrogen (secondary N) is 1. The van der Waals surface area contributed by atoms with Crippen molar-refractivity contribution in [1.29, 1.82) is 0 Å². The van der Waals surface area contributed by atoms with Crippen LogP contribution in [0.4, 0.5) is 0 Å².